The first-order valence-electron chi connectivity index (χ1n) is 4.84. The maximum Gasteiger partial charge on any atom is 0.416 e. The zero-order valence-corrected chi connectivity index (χ0v) is 9.59. The fourth-order valence-electron chi connectivity index (χ4n) is 1.27. The molecular formula is C10H15NO3S. The van der Waals surface area contributed by atoms with E-state index in [1.165, 1.54) is 4.90 Å². The summed E-state index contributed by atoms with van der Waals surface area (Å²) < 4.78 is 4.69. The van der Waals surface area contributed by atoms with Gasteiger partial charge in [0.2, 0.25) is 5.91 Å². The molecule has 1 atom stereocenters. The minimum Gasteiger partial charge on any atom is -0.447 e. The van der Waals surface area contributed by atoms with Gasteiger partial charge in [-0.3, -0.25) is 4.79 Å². The van der Waals surface area contributed by atoms with Crippen LogP contribution in [0.2, 0.25) is 0 Å². The second-order valence-corrected chi connectivity index (χ2v) is 4.77. The number of hydrogen-bond acceptors (Lipinski definition) is 4. The van der Waals surface area contributed by atoms with Crippen LogP contribution in [0, 0.1) is 0 Å². The predicted octanol–water partition coefficient (Wildman–Crippen LogP) is 1.66. The van der Waals surface area contributed by atoms with Gasteiger partial charge in [0.05, 0.1) is 6.54 Å². The third kappa shape index (κ3) is 3.58. The normalized spacial score (nSPS) is 17.4. The lowest BCUT2D eigenvalue weighted by Gasteiger charge is -2.14. The summed E-state index contributed by atoms with van der Waals surface area (Å²) in [4.78, 5) is 23.9. The van der Waals surface area contributed by atoms with Crippen LogP contribution >= 0.6 is 11.8 Å². The van der Waals surface area contributed by atoms with E-state index < -0.39 is 6.09 Å². The van der Waals surface area contributed by atoms with Crippen LogP contribution in [-0.2, 0) is 9.53 Å². The largest absolute Gasteiger partial charge is 0.447 e. The van der Waals surface area contributed by atoms with Gasteiger partial charge in [-0.2, -0.15) is 11.8 Å². The molecule has 1 rings (SSSR count). The van der Waals surface area contributed by atoms with Gasteiger partial charge in [-0.05, 0) is 0 Å². The van der Waals surface area contributed by atoms with Crippen LogP contribution in [0.4, 0.5) is 4.79 Å². The first-order valence-corrected chi connectivity index (χ1v) is 5.89. The van der Waals surface area contributed by atoms with Crippen molar-refractivity contribution in [1.29, 1.82) is 0 Å². The van der Waals surface area contributed by atoms with Crippen LogP contribution in [0.25, 0.3) is 0 Å². The minimum atomic E-state index is -0.513. The van der Waals surface area contributed by atoms with Gasteiger partial charge in [-0.25, -0.2) is 9.69 Å². The number of carbonyl (C=O) groups is 2. The lowest BCUT2D eigenvalue weighted by Crippen LogP contribution is -2.33. The Bertz CT molecular complexity index is 267. The summed E-state index contributed by atoms with van der Waals surface area (Å²) in [5, 5.41) is 0.198. The Balaban J connectivity index is 2.34. The Labute approximate surface area is 93.6 Å². The monoisotopic (exact) mass is 229 g/mol. The van der Waals surface area contributed by atoms with E-state index in [9.17, 15) is 9.59 Å². The quantitative estimate of drug-likeness (QED) is 0.673. The van der Waals surface area contributed by atoms with Gasteiger partial charge >= 0.3 is 6.09 Å². The van der Waals surface area contributed by atoms with E-state index >= 15 is 0 Å². The van der Waals surface area contributed by atoms with Crippen molar-refractivity contribution < 1.29 is 14.3 Å². The Morgan fingerprint density at radius 3 is 3.07 bits per heavy atom. The second-order valence-electron chi connectivity index (χ2n) is 3.30. The highest BCUT2D eigenvalue weighted by Gasteiger charge is 2.28. The molecule has 1 aliphatic rings. The number of ether oxygens (including phenoxy) is 1. The average Bonchev–Trinajstić information content (AvgIpc) is 2.61. The fraction of sp³-hybridized carbons (Fsp3) is 0.600. The number of imide groups is 1. The van der Waals surface area contributed by atoms with E-state index in [2.05, 4.69) is 6.58 Å². The SMILES string of the molecule is C=CCSC(C)CC(=O)N1CCOC1=O. The van der Waals surface area contributed by atoms with Gasteiger partial charge in [-0.15, -0.1) is 6.58 Å². The number of cyclic esters (lactones) is 1. The number of nitrogens with zero attached hydrogens (tertiary/aromatic N) is 1. The molecule has 1 saturated heterocycles. The summed E-state index contributed by atoms with van der Waals surface area (Å²) in [5.41, 5.74) is 0. The van der Waals surface area contributed by atoms with Gasteiger partial charge < -0.3 is 4.74 Å². The molecule has 4 nitrogen and oxygen atoms in total. The Hall–Kier alpha value is -0.970. The molecule has 5 heteroatoms. The third-order valence-electron chi connectivity index (χ3n) is 2.02. The van der Waals surface area contributed by atoms with Crippen molar-refractivity contribution in [3.63, 3.8) is 0 Å². The highest BCUT2D eigenvalue weighted by Crippen LogP contribution is 2.16. The van der Waals surface area contributed by atoms with E-state index in [0.717, 1.165) is 5.75 Å². The first kappa shape index (κ1) is 12.1. The Morgan fingerprint density at radius 1 is 1.80 bits per heavy atom. The van der Waals surface area contributed by atoms with E-state index in [1.807, 2.05) is 6.92 Å². The summed E-state index contributed by atoms with van der Waals surface area (Å²) in [6.45, 7) is 6.28. The van der Waals surface area contributed by atoms with Crippen molar-refractivity contribution in [3.8, 4) is 0 Å². The molecule has 0 aromatic carbocycles. The molecule has 2 amide bonds. The molecule has 0 saturated carbocycles. The summed E-state index contributed by atoms with van der Waals surface area (Å²) in [6.07, 6.45) is 1.66. The lowest BCUT2D eigenvalue weighted by molar-refractivity contribution is -0.127. The van der Waals surface area contributed by atoms with E-state index in [4.69, 9.17) is 4.74 Å². The van der Waals surface area contributed by atoms with E-state index in [1.54, 1.807) is 17.8 Å². The molecule has 0 aliphatic carbocycles. The molecule has 15 heavy (non-hydrogen) atoms. The number of carbonyl (C=O) groups excluding carboxylic acids is 2. The Kier molecular flexibility index (Phi) is 4.68. The van der Waals surface area contributed by atoms with Crippen LogP contribution in [0.1, 0.15) is 13.3 Å². The maximum absolute atomic E-state index is 11.6. The summed E-state index contributed by atoms with van der Waals surface area (Å²) >= 11 is 1.65. The highest BCUT2D eigenvalue weighted by atomic mass is 32.2. The smallest absolute Gasteiger partial charge is 0.416 e. The van der Waals surface area contributed by atoms with Crippen LogP contribution in [-0.4, -0.2) is 41.1 Å². The molecule has 1 unspecified atom stereocenters. The maximum atomic E-state index is 11.6. The van der Waals surface area contributed by atoms with Crippen LogP contribution in [0.15, 0.2) is 12.7 Å². The number of thioether (sulfide) groups is 1. The van der Waals surface area contributed by atoms with Crippen LogP contribution < -0.4 is 0 Å². The van der Waals surface area contributed by atoms with Crippen molar-refractivity contribution in [3.05, 3.63) is 12.7 Å². The topological polar surface area (TPSA) is 46.6 Å². The molecule has 0 aromatic rings. The summed E-state index contributed by atoms with van der Waals surface area (Å²) in [7, 11) is 0. The fourth-order valence-corrected chi connectivity index (χ4v) is 1.99. The zero-order chi connectivity index (χ0) is 11.3. The molecular weight excluding hydrogens is 214 g/mol. The average molecular weight is 229 g/mol. The molecule has 1 fully saturated rings. The lowest BCUT2D eigenvalue weighted by atomic mass is 10.3. The van der Waals surface area contributed by atoms with Crippen molar-refractivity contribution in [1.82, 2.24) is 4.90 Å². The number of hydrogen-bond donors (Lipinski definition) is 0. The van der Waals surface area contributed by atoms with Gasteiger partial charge in [0.1, 0.15) is 6.61 Å². The molecule has 84 valence electrons. The predicted molar refractivity (Wildman–Crippen MR) is 59.8 cm³/mol. The molecule has 0 aromatic heterocycles. The van der Waals surface area contributed by atoms with E-state index in [0.29, 0.717) is 19.6 Å². The molecule has 0 radical (unpaired) electrons. The molecule has 0 bridgehead atoms. The molecule has 1 aliphatic heterocycles. The van der Waals surface area contributed by atoms with Gasteiger partial charge in [0, 0.05) is 17.4 Å². The van der Waals surface area contributed by atoms with Crippen molar-refractivity contribution in [2.24, 2.45) is 0 Å². The summed E-state index contributed by atoms with van der Waals surface area (Å²) in [6, 6.07) is 0. The van der Waals surface area contributed by atoms with Crippen molar-refractivity contribution in [2.45, 2.75) is 18.6 Å². The summed E-state index contributed by atoms with van der Waals surface area (Å²) in [5.74, 6) is 0.667. The second kappa shape index (κ2) is 5.80. The standard InChI is InChI=1S/C10H15NO3S/c1-3-6-15-8(2)7-9(12)11-4-5-14-10(11)13/h3,8H,1,4-7H2,2H3. The zero-order valence-electron chi connectivity index (χ0n) is 8.77. The van der Waals surface area contributed by atoms with E-state index in [-0.39, 0.29) is 11.2 Å². The highest BCUT2D eigenvalue weighted by molar-refractivity contribution is 8.00. The third-order valence-corrected chi connectivity index (χ3v) is 3.19. The van der Waals surface area contributed by atoms with Crippen molar-refractivity contribution in [2.75, 3.05) is 18.9 Å². The first-order chi connectivity index (χ1) is 7.15. The van der Waals surface area contributed by atoms with Gasteiger partial charge in [-0.1, -0.05) is 13.0 Å². The van der Waals surface area contributed by atoms with Gasteiger partial charge in [0.25, 0.3) is 0 Å². The Morgan fingerprint density at radius 2 is 2.53 bits per heavy atom. The van der Waals surface area contributed by atoms with Crippen molar-refractivity contribution >= 4 is 23.8 Å². The molecule has 0 spiro atoms. The number of amides is 2. The minimum absolute atomic E-state index is 0.151. The molecule has 0 N–H and O–H groups in total. The molecule has 1 heterocycles. The van der Waals surface area contributed by atoms with Crippen LogP contribution in [0.5, 0.6) is 0 Å². The number of rotatable bonds is 5. The van der Waals surface area contributed by atoms with Gasteiger partial charge in [0.15, 0.2) is 0 Å². The van der Waals surface area contributed by atoms with Crippen LogP contribution in [0.3, 0.4) is 0 Å².